The molecule has 0 radical (unpaired) electrons. The van der Waals surface area contributed by atoms with E-state index >= 15 is 0 Å². The molecule has 25 heavy (non-hydrogen) atoms. The van der Waals surface area contributed by atoms with Crippen LogP contribution in [0.5, 0.6) is 0 Å². The fourth-order valence-electron chi connectivity index (χ4n) is 2.98. The molecule has 0 atom stereocenters. The van der Waals surface area contributed by atoms with E-state index in [9.17, 15) is 0 Å². The van der Waals surface area contributed by atoms with Crippen LogP contribution in [-0.4, -0.2) is 29.1 Å². The number of aryl methyl sites for hydroxylation is 1. The summed E-state index contributed by atoms with van der Waals surface area (Å²) in [5.74, 6) is 1.75. The molecule has 6 nitrogen and oxygen atoms in total. The van der Waals surface area contributed by atoms with Gasteiger partial charge >= 0.3 is 0 Å². The largest absolute Gasteiger partial charge is 0.326 e. The van der Waals surface area contributed by atoms with Crippen LogP contribution in [0.15, 0.2) is 49.1 Å². The highest BCUT2D eigenvalue weighted by Crippen LogP contribution is 2.21. The number of fused-ring (bicyclic) bond motifs is 1. The topological polar surface area (TPSA) is 61.4 Å². The lowest BCUT2D eigenvalue weighted by molar-refractivity contribution is 0.627. The average molecular weight is 353 g/mol. The van der Waals surface area contributed by atoms with Gasteiger partial charge in [-0.1, -0.05) is 24.6 Å². The average Bonchev–Trinajstić information content (AvgIpc) is 3.21. The van der Waals surface area contributed by atoms with Gasteiger partial charge in [0.05, 0.1) is 18.3 Å². The molecule has 0 aliphatic carbocycles. The molecule has 0 aliphatic rings. The van der Waals surface area contributed by atoms with Crippen molar-refractivity contribution in [3.63, 3.8) is 0 Å². The van der Waals surface area contributed by atoms with Crippen LogP contribution in [-0.2, 0) is 13.1 Å². The van der Waals surface area contributed by atoms with Gasteiger partial charge in [-0.25, -0.2) is 15.0 Å². The second kappa shape index (κ2) is 6.64. The summed E-state index contributed by atoms with van der Waals surface area (Å²) in [6, 6.07) is 7.55. The molecule has 0 fully saturated rings. The lowest BCUT2D eigenvalue weighted by Gasteiger charge is -2.10. The first kappa shape index (κ1) is 15.8. The van der Waals surface area contributed by atoms with Crippen LogP contribution < -0.4 is 0 Å². The van der Waals surface area contributed by atoms with Crippen molar-refractivity contribution in [1.29, 1.82) is 0 Å². The highest BCUT2D eigenvalue weighted by atomic mass is 35.5. The third kappa shape index (κ3) is 3.00. The summed E-state index contributed by atoms with van der Waals surface area (Å²) >= 11 is 6.02. The van der Waals surface area contributed by atoms with E-state index in [1.807, 2.05) is 29.0 Å². The van der Waals surface area contributed by atoms with Gasteiger partial charge in [0.25, 0.3) is 0 Å². The Morgan fingerprint density at radius 2 is 2.04 bits per heavy atom. The highest BCUT2D eigenvalue weighted by Gasteiger charge is 2.14. The van der Waals surface area contributed by atoms with Crippen molar-refractivity contribution < 1.29 is 0 Å². The first-order chi connectivity index (χ1) is 12.3. The van der Waals surface area contributed by atoms with E-state index in [2.05, 4.69) is 26.4 Å². The van der Waals surface area contributed by atoms with Crippen molar-refractivity contribution in [3.05, 3.63) is 60.0 Å². The van der Waals surface area contributed by atoms with Crippen molar-refractivity contribution >= 4 is 22.6 Å². The third-order valence-corrected chi connectivity index (χ3v) is 4.26. The number of imidazole rings is 2. The zero-order chi connectivity index (χ0) is 17.2. The van der Waals surface area contributed by atoms with Gasteiger partial charge in [-0.2, -0.15) is 0 Å². The molecule has 4 rings (SSSR count). The summed E-state index contributed by atoms with van der Waals surface area (Å²) in [5, 5.41) is 0.455. The Kier molecular flexibility index (Phi) is 4.19. The summed E-state index contributed by atoms with van der Waals surface area (Å²) in [6.07, 6.45) is 8.35. The number of rotatable bonds is 5. The minimum absolute atomic E-state index is 0.455. The Hall–Kier alpha value is -2.73. The van der Waals surface area contributed by atoms with E-state index < -0.39 is 0 Å². The molecule has 7 heteroatoms. The van der Waals surface area contributed by atoms with Gasteiger partial charge in [-0.15, -0.1) is 0 Å². The summed E-state index contributed by atoms with van der Waals surface area (Å²) in [6.45, 7) is 3.68. The van der Waals surface area contributed by atoms with Crippen LogP contribution in [0, 0.1) is 0 Å². The first-order valence-electron chi connectivity index (χ1n) is 8.19. The van der Waals surface area contributed by atoms with Crippen LogP contribution in [0.3, 0.4) is 0 Å². The van der Waals surface area contributed by atoms with Gasteiger partial charge in [0.2, 0.25) is 0 Å². The molecular formula is C18H17ClN6. The predicted molar refractivity (Wildman–Crippen MR) is 97.4 cm³/mol. The number of pyridine rings is 2. The van der Waals surface area contributed by atoms with Gasteiger partial charge < -0.3 is 9.13 Å². The van der Waals surface area contributed by atoms with E-state index in [1.165, 1.54) is 0 Å². The minimum Gasteiger partial charge on any atom is -0.326 e. The van der Waals surface area contributed by atoms with E-state index in [4.69, 9.17) is 16.6 Å². The molecule has 0 aliphatic heterocycles. The van der Waals surface area contributed by atoms with Crippen LogP contribution in [0.4, 0.5) is 0 Å². The molecule has 0 N–H and O–H groups in total. The maximum Gasteiger partial charge on any atom is 0.159 e. The second-order valence-corrected chi connectivity index (χ2v) is 6.16. The molecule has 0 bridgehead atoms. The maximum atomic E-state index is 6.02. The Bertz CT molecular complexity index is 1020. The predicted octanol–water partition coefficient (Wildman–Crippen LogP) is 3.80. The Morgan fingerprint density at radius 1 is 1.12 bits per heavy atom. The van der Waals surface area contributed by atoms with Crippen LogP contribution >= 0.6 is 11.6 Å². The zero-order valence-electron chi connectivity index (χ0n) is 13.8. The SMILES string of the molecule is CCCn1c(Cn2ccnc2-c2cccc(Cl)n2)nc2cnccc21. The van der Waals surface area contributed by atoms with Gasteiger partial charge in [-0.05, 0) is 24.6 Å². The monoisotopic (exact) mass is 352 g/mol. The van der Waals surface area contributed by atoms with Gasteiger partial charge in [0.1, 0.15) is 22.2 Å². The van der Waals surface area contributed by atoms with Crippen molar-refractivity contribution in [2.45, 2.75) is 26.4 Å². The van der Waals surface area contributed by atoms with E-state index in [0.717, 1.165) is 41.3 Å². The fraction of sp³-hybridized carbons (Fsp3) is 0.222. The Morgan fingerprint density at radius 3 is 2.88 bits per heavy atom. The van der Waals surface area contributed by atoms with Crippen molar-refractivity contribution in [3.8, 4) is 11.5 Å². The van der Waals surface area contributed by atoms with Crippen molar-refractivity contribution in [2.24, 2.45) is 0 Å². The molecule has 0 saturated heterocycles. The number of hydrogen-bond donors (Lipinski definition) is 0. The number of nitrogens with zero attached hydrogens (tertiary/aromatic N) is 6. The Labute approximate surface area is 150 Å². The molecule has 4 heterocycles. The van der Waals surface area contributed by atoms with Gasteiger partial charge in [-0.3, -0.25) is 4.98 Å². The van der Waals surface area contributed by atoms with Crippen molar-refractivity contribution in [1.82, 2.24) is 29.1 Å². The Balaban J connectivity index is 1.76. The molecule has 0 spiro atoms. The molecule has 4 aromatic heterocycles. The maximum absolute atomic E-state index is 6.02. The smallest absolute Gasteiger partial charge is 0.159 e. The molecule has 0 amide bonds. The van der Waals surface area contributed by atoms with Crippen molar-refractivity contribution in [2.75, 3.05) is 0 Å². The van der Waals surface area contributed by atoms with E-state index in [0.29, 0.717) is 11.7 Å². The number of hydrogen-bond acceptors (Lipinski definition) is 4. The highest BCUT2D eigenvalue weighted by molar-refractivity contribution is 6.29. The van der Waals surface area contributed by atoms with Gasteiger partial charge in [0.15, 0.2) is 5.82 Å². The minimum atomic E-state index is 0.455. The molecule has 0 saturated carbocycles. The molecular weight excluding hydrogens is 336 g/mol. The summed E-state index contributed by atoms with van der Waals surface area (Å²) in [7, 11) is 0. The lowest BCUT2D eigenvalue weighted by atomic mass is 10.3. The molecule has 126 valence electrons. The van der Waals surface area contributed by atoms with E-state index in [1.54, 1.807) is 24.7 Å². The normalized spacial score (nSPS) is 11.3. The lowest BCUT2D eigenvalue weighted by Crippen LogP contribution is -2.09. The molecule has 4 aromatic rings. The van der Waals surface area contributed by atoms with E-state index in [-0.39, 0.29) is 0 Å². The standard InChI is InChI=1S/C18H17ClN6/c1-2-9-25-15-6-7-20-11-14(15)23-17(25)12-24-10-8-21-18(24)13-4-3-5-16(19)22-13/h3-8,10-11H,2,9,12H2,1H3. The summed E-state index contributed by atoms with van der Waals surface area (Å²) < 4.78 is 4.28. The van der Waals surface area contributed by atoms with Gasteiger partial charge in [0, 0.05) is 25.1 Å². The first-order valence-corrected chi connectivity index (χ1v) is 8.57. The van der Waals surface area contributed by atoms with Crippen LogP contribution in [0.1, 0.15) is 19.2 Å². The number of halogens is 1. The molecule has 0 aromatic carbocycles. The fourth-order valence-corrected chi connectivity index (χ4v) is 3.14. The zero-order valence-corrected chi connectivity index (χ0v) is 14.6. The molecule has 0 unspecified atom stereocenters. The van der Waals surface area contributed by atoms with Crippen LogP contribution in [0.25, 0.3) is 22.6 Å². The van der Waals surface area contributed by atoms with Crippen LogP contribution in [0.2, 0.25) is 5.15 Å². The second-order valence-electron chi connectivity index (χ2n) is 5.77. The quantitative estimate of drug-likeness (QED) is 0.512. The third-order valence-electron chi connectivity index (χ3n) is 4.05. The summed E-state index contributed by atoms with van der Waals surface area (Å²) in [4.78, 5) is 17.8. The summed E-state index contributed by atoms with van der Waals surface area (Å²) in [5.41, 5.74) is 2.76. The number of aromatic nitrogens is 6.